The molecule has 0 aromatic rings. The third-order valence-electron chi connectivity index (χ3n) is 0.720. The molecule has 3 heteroatoms. The van der Waals surface area contributed by atoms with Crippen molar-refractivity contribution < 1.29 is 8.98 Å². The van der Waals surface area contributed by atoms with Crippen LogP contribution in [0, 0.1) is 0 Å². The van der Waals surface area contributed by atoms with Gasteiger partial charge in [0.1, 0.15) is 0 Å². The molecule has 0 unspecified atom stereocenters. The number of allylic oxidation sites excluding steroid dienone is 2. The SMILES string of the molecule is O=[C]O[SH]1C=CC=C1. The van der Waals surface area contributed by atoms with E-state index in [1.165, 1.54) is 6.47 Å². The predicted molar refractivity (Wildman–Crippen MR) is 34.0 cm³/mol. The van der Waals surface area contributed by atoms with Crippen molar-refractivity contribution in [1.82, 2.24) is 0 Å². The first-order valence-corrected chi connectivity index (χ1v) is 3.51. The summed E-state index contributed by atoms with van der Waals surface area (Å²) in [6.45, 7) is 1.39. The largest absolute Gasteiger partial charge is 0.429 e. The maximum absolute atomic E-state index is 9.56. The Bertz CT molecular complexity index is 127. The zero-order valence-electron chi connectivity index (χ0n) is 4.07. The maximum Gasteiger partial charge on any atom is 0.429 e. The molecule has 0 fully saturated rings. The smallest absolute Gasteiger partial charge is 0.402 e. The monoisotopic (exact) mass is 129 g/mol. The third kappa shape index (κ3) is 1.13. The molecule has 1 aliphatic rings. The Hall–Kier alpha value is -0.700. The second-order valence-electron chi connectivity index (χ2n) is 1.22. The molecule has 43 valence electrons. The summed E-state index contributed by atoms with van der Waals surface area (Å²) >= 11 is -0.730. The number of hydrogen-bond acceptors (Lipinski definition) is 2. The zero-order valence-corrected chi connectivity index (χ0v) is 4.97. The lowest BCUT2D eigenvalue weighted by molar-refractivity contribution is 0.474. The minimum Gasteiger partial charge on any atom is -0.402 e. The lowest BCUT2D eigenvalue weighted by atomic mass is 10.6. The average molecular weight is 129 g/mol. The topological polar surface area (TPSA) is 26.3 Å². The molecule has 0 saturated carbocycles. The molecule has 1 rings (SSSR count). The first-order valence-electron chi connectivity index (χ1n) is 2.11. The lowest BCUT2D eigenvalue weighted by Gasteiger charge is -2.02. The summed E-state index contributed by atoms with van der Waals surface area (Å²) in [5.41, 5.74) is 0. The van der Waals surface area contributed by atoms with Crippen molar-refractivity contribution in [3.05, 3.63) is 23.0 Å². The van der Waals surface area contributed by atoms with Gasteiger partial charge in [-0.3, -0.25) is 0 Å². The van der Waals surface area contributed by atoms with Crippen molar-refractivity contribution in [2.24, 2.45) is 0 Å². The fraction of sp³-hybridized carbons (Fsp3) is 0. The van der Waals surface area contributed by atoms with Crippen LogP contribution >= 0.6 is 11.2 Å². The minimum atomic E-state index is -0.730. The molecule has 8 heavy (non-hydrogen) atoms. The Morgan fingerprint density at radius 1 is 1.38 bits per heavy atom. The molecule has 1 aliphatic heterocycles. The molecule has 1 heterocycles. The Kier molecular flexibility index (Phi) is 1.75. The number of thiol groups is 1. The van der Waals surface area contributed by atoms with Crippen LogP contribution in [0.3, 0.4) is 0 Å². The maximum atomic E-state index is 9.56. The normalized spacial score (nSPS) is 19.2. The molecule has 2 nitrogen and oxygen atoms in total. The highest BCUT2D eigenvalue weighted by atomic mass is 32.2. The molecule has 0 N–H and O–H groups in total. The Balaban J connectivity index is 2.37. The number of carbonyl (C=O) groups excluding carboxylic acids is 1. The number of rotatable bonds is 2. The van der Waals surface area contributed by atoms with Crippen LogP contribution in [-0.4, -0.2) is 6.47 Å². The van der Waals surface area contributed by atoms with Crippen molar-refractivity contribution >= 4 is 17.6 Å². The minimum absolute atomic E-state index is 0.730. The lowest BCUT2D eigenvalue weighted by Crippen LogP contribution is -1.74. The fourth-order valence-electron chi connectivity index (χ4n) is 0.423. The van der Waals surface area contributed by atoms with Crippen molar-refractivity contribution in [1.29, 1.82) is 0 Å². The molecule has 1 radical (unpaired) electrons. The zero-order chi connectivity index (χ0) is 5.82. The van der Waals surface area contributed by atoms with Crippen LogP contribution in [0.25, 0.3) is 0 Å². The highest BCUT2D eigenvalue weighted by Crippen LogP contribution is 2.32. The van der Waals surface area contributed by atoms with Crippen LogP contribution in [0.15, 0.2) is 23.0 Å². The van der Waals surface area contributed by atoms with Gasteiger partial charge in [-0.25, -0.2) is 4.79 Å². The van der Waals surface area contributed by atoms with Crippen LogP contribution in [0.1, 0.15) is 0 Å². The summed E-state index contributed by atoms with van der Waals surface area (Å²) in [7, 11) is 0. The van der Waals surface area contributed by atoms with Crippen molar-refractivity contribution in [2.75, 3.05) is 0 Å². The van der Waals surface area contributed by atoms with E-state index in [0.29, 0.717) is 0 Å². The van der Waals surface area contributed by atoms with Gasteiger partial charge in [0.2, 0.25) is 0 Å². The van der Waals surface area contributed by atoms with Gasteiger partial charge < -0.3 is 4.18 Å². The fourth-order valence-corrected chi connectivity index (χ4v) is 1.27. The average Bonchev–Trinajstić information content (AvgIpc) is 2.19. The van der Waals surface area contributed by atoms with Gasteiger partial charge in [0.25, 0.3) is 0 Å². The van der Waals surface area contributed by atoms with E-state index in [1.54, 1.807) is 0 Å². The first kappa shape index (κ1) is 5.44. The van der Waals surface area contributed by atoms with Gasteiger partial charge in [0, 0.05) is 0 Å². The standard InChI is InChI=1S/C5H5O2S/c6-5-7-8-3-1-2-4-8/h1-4,8H. The van der Waals surface area contributed by atoms with Gasteiger partial charge in [-0.1, -0.05) is 23.3 Å². The second-order valence-corrected chi connectivity index (χ2v) is 2.72. The Morgan fingerprint density at radius 3 is 2.50 bits per heavy atom. The van der Waals surface area contributed by atoms with Gasteiger partial charge in [-0.05, 0) is 10.8 Å². The molecular formula is C5H5O2S. The summed E-state index contributed by atoms with van der Waals surface area (Å²) in [4.78, 5) is 9.56. The summed E-state index contributed by atoms with van der Waals surface area (Å²) in [6, 6.07) is 0. The highest BCUT2D eigenvalue weighted by molar-refractivity contribution is 8.18. The number of hydrogen-bond donors (Lipinski definition) is 1. The van der Waals surface area contributed by atoms with Gasteiger partial charge in [-0.2, -0.15) is 0 Å². The van der Waals surface area contributed by atoms with E-state index in [4.69, 9.17) is 0 Å². The van der Waals surface area contributed by atoms with Gasteiger partial charge in [-0.15, -0.1) is 0 Å². The summed E-state index contributed by atoms with van der Waals surface area (Å²) < 4.78 is 4.49. The van der Waals surface area contributed by atoms with Crippen molar-refractivity contribution in [3.8, 4) is 0 Å². The summed E-state index contributed by atoms with van der Waals surface area (Å²) in [6.07, 6.45) is 3.70. The van der Waals surface area contributed by atoms with Gasteiger partial charge in [0.15, 0.2) is 0 Å². The van der Waals surface area contributed by atoms with Crippen LogP contribution in [0.2, 0.25) is 0 Å². The Morgan fingerprint density at radius 2 is 2.00 bits per heavy atom. The van der Waals surface area contributed by atoms with Gasteiger partial charge >= 0.3 is 6.47 Å². The predicted octanol–water partition coefficient (Wildman–Crippen LogP) is 1.03. The van der Waals surface area contributed by atoms with Crippen molar-refractivity contribution in [3.63, 3.8) is 0 Å². The molecule has 0 saturated heterocycles. The second kappa shape index (κ2) is 2.57. The molecule has 0 atom stereocenters. The van der Waals surface area contributed by atoms with Crippen LogP contribution in [0.4, 0.5) is 0 Å². The van der Waals surface area contributed by atoms with Gasteiger partial charge in [0.05, 0.1) is 0 Å². The van der Waals surface area contributed by atoms with Crippen molar-refractivity contribution in [2.45, 2.75) is 0 Å². The van der Waals surface area contributed by atoms with E-state index in [2.05, 4.69) is 4.18 Å². The van der Waals surface area contributed by atoms with Crippen LogP contribution in [0.5, 0.6) is 0 Å². The summed E-state index contributed by atoms with van der Waals surface area (Å²) in [5.74, 6) is 0. The molecule has 0 aromatic carbocycles. The van der Waals surface area contributed by atoms with Crippen LogP contribution < -0.4 is 0 Å². The highest BCUT2D eigenvalue weighted by Gasteiger charge is 1.95. The Labute approximate surface area is 50.4 Å². The molecule has 0 amide bonds. The third-order valence-corrected chi connectivity index (χ3v) is 1.94. The van der Waals surface area contributed by atoms with E-state index in [1.807, 2.05) is 23.0 Å². The van der Waals surface area contributed by atoms with E-state index in [-0.39, 0.29) is 0 Å². The van der Waals surface area contributed by atoms with E-state index in [0.717, 1.165) is 0 Å². The quantitative estimate of drug-likeness (QED) is 0.563. The van der Waals surface area contributed by atoms with E-state index < -0.39 is 11.2 Å². The first-order chi connectivity index (χ1) is 3.93. The molecule has 0 spiro atoms. The van der Waals surface area contributed by atoms with Crippen LogP contribution in [-0.2, 0) is 8.98 Å². The molecule has 0 bridgehead atoms. The van der Waals surface area contributed by atoms with E-state index >= 15 is 0 Å². The molecule has 0 aromatic heterocycles. The molecule has 0 aliphatic carbocycles. The van der Waals surface area contributed by atoms with E-state index in [9.17, 15) is 4.79 Å². The summed E-state index contributed by atoms with van der Waals surface area (Å²) in [5, 5.41) is 3.67. The molecular weight excluding hydrogens is 124 g/mol.